The minimum atomic E-state index is -0.546. The van der Waals surface area contributed by atoms with E-state index in [4.69, 9.17) is 9.47 Å². The molecule has 0 unspecified atom stereocenters. The van der Waals surface area contributed by atoms with Gasteiger partial charge in [0, 0.05) is 18.4 Å². The van der Waals surface area contributed by atoms with Crippen molar-refractivity contribution in [1.82, 2.24) is 15.3 Å². The van der Waals surface area contributed by atoms with Crippen LogP contribution in [0.15, 0.2) is 48.8 Å². The van der Waals surface area contributed by atoms with Crippen molar-refractivity contribution < 1.29 is 23.9 Å². The Bertz CT molecular complexity index is 1090. The Morgan fingerprint density at radius 3 is 1.90 bits per heavy atom. The second kappa shape index (κ2) is 9.44. The van der Waals surface area contributed by atoms with Crippen LogP contribution >= 0.6 is 0 Å². The van der Waals surface area contributed by atoms with Crippen LogP contribution in [0.1, 0.15) is 31.3 Å². The summed E-state index contributed by atoms with van der Waals surface area (Å²) in [4.78, 5) is 43.5. The number of hydrogen-bond donors (Lipinski definition) is 4. The summed E-state index contributed by atoms with van der Waals surface area (Å²) in [6.45, 7) is 0. The van der Waals surface area contributed by atoms with Crippen molar-refractivity contribution in [3.63, 3.8) is 0 Å². The molecule has 2 aromatic carbocycles. The summed E-state index contributed by atoms with van der Waals surface area (Å²) in [7, 11) is 4.40. The van der Waals surface area contributed by atoms with Crippen molar-refractivity contribution in [2.24, 2.45) is 0 Å². The summed E-state index contributed by atoms with van der Waals surface area (Å²) in [5.41, 5.74) is 1.27. The summed E-state index contributed by atoms with van der Waals surface area (Å²) in [6.07, 6.45) is 1.27. The van der Waals surface area contributed by atoms with Gasteiger partial charge in [-0.3, -0.25) is 14.4 Å². The Labute approximate surface area is 178 Å². The number of H-pyrrole nitrogens is 1. The molecule has 1 heterocycles. The van der Waals surface area contributed by atoms with Crippen LogP contribution in [0.4, 0.5) is 11.4 Å². The molecule has 0 aliphatic carbocycles. The van der Waals surface area contributed by atoms with Gasteiger partial charge in [-0.15, -0.1) is 0 Å². The molecule has 10 heteroatoms. The van der Waals surface area contributed by atoms with E-state index in [0.29, 0.717) is 22.9 Å². The van der Waals surface area contributed by atoms with Gasteiger partial charge in [-0.25, -0.2) is 4.98 Å². The van der Waals surface area contributed by atoms with Crippen molar-refractivity contribution >= 4 is 29.1 Å². The highest BCUT2D eigenvalue weighted by Gasteiger charge is 2.20. The number of aromatic nitrogens is 2. The highest BCUT2D eigenvalue weighted by Crippen LogP contribution is 2.29. The molecule has 4 N–H and O–H groups in total. The lowest BCUT2D eigenvalue weighted by atomic mass is 10.1. The third kappa shape index (κ3) is 4.64. The number of benzene rings is 2. The van der Waals surface area contributed by atoms with Crippen molar-refractivity contribution in [3.05, 3.63) is 65.7 Å². The molecule has 160 valence electrons. The van der Waals surface area contributed by atoms with E-state index in [1.807, 2.05) is 0 Å². The van der Waals surface area contributed by atoms with Crippen LogP contribution in [-0.4, -0.2) is 49.0 Å². The second-order valence-corrected chi connectivity index (χ2v) is 6.23. The number of imidazole rings is 1. The Morgan fingerprint density at radius 1 is 0.839 bits per heavy atom. The van der Waals surface area contributed by atoms with Crippen molar-refractivity contribution in [1.29, 1.82) is 0 Å². The first-order valence-corrected chi connectivity index (χ1v) is 9.17. The normalized spacial score (nSPS) is 10.2. The fourth-order valence-electron chi connectivity index (χ4n) is 2.86. The molecule has 0 atom stereocenters. The van der Waals surface area contributed by atoms with E-state index >= 15 is 0 Å². The third-order valence-corrected chi connectivity index (χ3v) is 4.36. The maximum atomic E-state index is 12.7. The lowest BCUT2D eigenvalue weighted by Crippen LogP contribution is -2.23. The zero-order valence-electron chi connectivity index (χ0n) is 17.1. The zero-order valence-corrected chi connectivity index (χ0v) is 17.1. The number of nitrogens with zero attached hydrogens (tertiary/aromatic N) is 1. The number of carbonyl (C=O) groups excluding carboxylic acids is 3. The Hall–Kier alpha value is -4.34. The molecule has 1 aromatic heterocycles. The Balaban J connectivity index is 1.72. The SMILES string of the molecule is CNC(=O)c1[nH]cnc1C(=O)Nc1ccc(NC(=O)c2c(OC)cccc2OC)cc1. The van der Waals surface area contributed by atoms with Gasteiger partial charge in [0.1, 0.15) is 22.8 Å². The molecule has 10 nitrogen and oxygen atoms in total. The number of ether oxygens (including phenoxy) is 2. The van der Waals surface area contributed by atoms with E-state index in [-0.39, 0.29) is 17.0 Å². The summed E-state index contributed by atoms with van der Waals surface area (Å²) in [5.74, 6) is -0.640. The Morgan fingerprint density at radius 2 is 1.39 bits per heavy atom. The van der Waals surface area contributed by atoms with Gasteiger partial charge in [-0.1, -0.05) is 6.07 Å². The van der Waals surface area contributed by atoms with E-state index in [0.717, 1.165) is 0 Å². The summed E-state index contributed by atoms with van der Waals surface area (Å²) >= 11 is 0. The number of methoxy groups -OCH3 is 2. The number of carbonyl (C=O) groups is 3. The molecule has 0 saturated heterocycles. The maximum Gasteiger partial charge on any atom is 0.276 e. The van der Waals surface area contributed by atoms with Gasteiger partial charge >= 0.3 is 0 Å². The van der Waals surface area contributed by atoms with Crippen LogP contribution in [0.3, 0.4) is 0 Å². The predicted octanol–water partition coefficient (Wildman–Crippen LogP) is 2.29. The monoisotopic (exact) mass is 423 g/mol. The maximum absolute atomic E-state index is 12.7. The van der Waals surface area contributed by atoms with Gasteiger partial charge in [0.2, 0.25) is 0 Å². The largest absolute Gasteiger partial charge is 0.496 e. The van der Waals surface area contributed by atoms with Crippen LogP contribution in [0.5, 0.6) is 11.5 Å². The highest BCUT2D eigenvalue weighted by molar-refractivity contribution is 6.10. The van der Waals surface area contributed by atoms with Crippen molar-refractivity contribution in [2.75, 3.05) is 31.9 Å². The quantitative estimate of drug-likeness (QED) is 0.461. The number of rotatable bonds is 7. The number of nitrogens with one attached hydrogen (secondary N) is 4. The van der Waals surface area contributed by atoms with Gasteiger partial charge < -0.3 is 30.4 Å². The fourth-order valence-corrected chi connectivity index (χ4v) is 2.86. The van der Waals surface area contributed by atoms with E-state index in [2.05, 4.69) is 25.9 Å². The first-order valence-electron chi connectivity index (χ1n) is 9.17. The first kappa shape index (κ1) is 21.4. The van der Waals surface area contributed by atoms with E-state index in [1.54, 1.807) is 42.5 Å². The van der Waals surface area contributed by atoms with Crippen molar-refractivity contribution in [2.45, 2.75) is 0 Å². The number of anilines is 2. The highest BCUT2D eigenvalue weighted by atomic mass is 16.5. The fraction of sp³-hybridized carbons (Fsp3) is 0.143. The molecule has 0 saturated carbocycles. The lowest BCUT2D eigenvalue weighted by molar-refractivity contribution is 0.0943. The number of hydrogen-bond acceptors (Lipinski definition) is 6. The number of amides is 3. The molecule has 3 amide bonds. The molecule has 0 aliphatic heterocycles. The van der Waals surface area contributed by atoms with Gasteiger partial charge in [-0.2, -0.15) is 0 Å². The predicted molar refractivity (Wildman–Crippen MR) is 114 cm³/mol. The standard InChI is InChI=1S/C21H21N5O5/c1-22-20(28)17-18(24-11-23-17)21(29)26-13-9-7-12(8-10-13)25-19(27)16-14(30-2)5-4-6-15(16)31-3/h4-11H,1-3H3,(H,22,28)(H,23,24)(H,25,27)(H,26,29). The smallest absolute Gasteiger partial charge is 0.276 e. The summed E-state index contributed by atoms with van der Waals surface area (Å²) in [6, 6.07) is 11.5. The topological polar surface area (TPSA) is 134 Å². The van der Waals surface area contributed by atoms with Crippen LogP contribution < -0.4 is 25.4 Å². The van der Waals surface area contributed by atoms with Crippen molar-refractivity contribution in [3.8, 4) is 11.5 Å². The summed E-state index contributed by atoms with van der Waals surface area (Å²) in [5, 5.41) is 7.86. The number of aromatic amines is 1. The van der Waals surface area contributed by atoms with E-state index in [9.17, 15) is 14.4 Å². The van der Waals surface area contributed by atoms with Crippen LogP contribution in [0.25, 0.3) is 0 Å². The van der Waals surface area contributed by atoms with Gasteiger partial charge in [-0.05, 0) is 36.4 Å². The zero-order chi connectivity index (χ0) is 22.4. The molecule has 0 aliphatic rings. The average molecular weight is 423 g/mol. The van der Waals surface area contributed by atoms with Gasteiger partial charge in [0.15, 0.2) is 5.69 Å². The molecular formula is C21H21N5O5. The molecule has 3 rings (SSSR count). The minimum Gasteiger partial charge on any atom is -0.496 e. The Kier molecular flexibility index (Phi) is 6.51. The summed E-state index contributed by atoms with van der Waals surface area (Å²) < 4.78 is 10.5. The molecule has 0 spiro atoms. The van der Waals surface area contributed by atoms with Crippen LogP contribution in [0.2, 0.25) is 0 Å². The minimum absolute atomic E-state index is 0.0278. The first-order chi connectivity index (χ1) is 15.0. The van der Waals surface area contributed by atoms with Crippen LogP contribution in [0, 0.1) is 0 Å². The molecule has 0 bridgehead atoms. The van der Waals surface area contributed by atoms with Gasteiger partial charge in [0.05, 0.1) is 20.5 Å². The molecule has 0 radical (unpaired) electrons. The average Bonchev–Trinajstić information content (AvgIpc) is 3.29. The third-order valence-electron chi connectivity index (χ3n) is 4.36. The van der Waals surface area contributed by atoms with Gasteiger partial charge in [0.25, 0.3) is 17.7 Å². The second-order valence-electron chi connectivity index (χ2n) is 6.23. The molecular weight excluding hydrogens is 402 g/mol. The lowest BCUT2D eigenvalue weighted by Gasteiger charge is -2.13. The molecule has 3 aromatic rings. The van der Waals surface area contributed by atoms with Crippen LogP contribution in [-0.2, 0) is 0 Å². The molecule has 0 fully saturated rings. The molecule has 31 heavy (non-hydrogen) atoms. The van der Waals surface area contributed by atoms with E-state index in [1.165, 1.54) is 27.6 Å². The van der Waals surface area contributed by atoms with E-state index < -0.39 is 17.7 Å².